The zero-order chi connectivity index (χ0) is 11.8. The number of nitrogens with two attached hydrogens (primary N) is 1. The summed E-state index contributed by atoms with van der Waals surface area (Å²) in [5.74, 6) is 0.791. The average molecular weight is 245 g/mol. The van der Waals surface area contributed by atoms with Gasteiger partial charge in [0, 0.05) is 25.0 Å². The Kier molecular flexibility index (Phi) is 2.22. The maximum absolute atomic E-state index is 5.73. The van der Waals surface area contributed by atoms with Crippen molar-refractivity contribution in [3.63, 3.8) is 0 Å². The van der Waals surface area contributed by atoms with Crippen molar-refractivity contribution in [3.8, 4) is 0 Å². The molecule has 0 unspecified atom stereocenters. The van der Waals surface area contributed by atoms with Crippen LogP contribution >= 0.6 is 11.3 Å². The third-order valence-electron chi connectivity index (χ3n) is 2.36. The zero-order valence-corrected chi connectivity index (χ0v) is 10.0. The molecule has 3 rings (SSSR count). The summed E-state index contributed by atoms with van der Waals surface area (Å²) in [4.78, 5) is 4.46. The molecule has 0 bridgehead atoms. The molecule has 0 amide bonds. The summed E-state index contributed by atoms with van der Waals surface area (Å²) in [6.45, 7) is 0. The van der Waals surface area contributed by atoms with Crippen LogP contribution in [0.1, 0.15) is 0 Å². The van der Waals surface area contributed by atoms with Crippen molar-refractivity contribution in [2.45, 2.75) is 0 Å². The van der Waals surface area contributed by atoms with Crippen LogP contribution in [-0.4, -0.2) is 14.8 Å². The van der Waals surface area contributed by atoms with Gasteiger partial charge in [-0.1, -0.05) is 11.3 Å². The topological polar surface area (TPSA) is 68.8 Å². The Hall–Kier alpha value is -2.08. The fourth-order valence-electron chi connectivity index (χ4n) is 1.59. The molecule has 1 aromatic carbocycles. The Balaban J connectivity index is 1.95. The van der Waals surface area contributed by atoms with E-state index in [0.717, 1.165) is 26.9 Å². The van der Waals surface area contributed by atoms with Crippen molar-refractivity contribution >= 4 is 38.2 Å². The summed E-state index contributed by atoms with van der Waals surface area (Å²) in [6.07, 6.45) is 1.88. The van der Waals surface area contributed by atoms with E-state index in [0.29, 0.717) is 0 Å². The van der Waals surface area contributed by atoms with Crippen LogP contribution in [0.25, 0.3) is 10.2 Å². The van der Waals surface area contributed by atoms with Gasteiger partial charge in [-0.2, -0.15) is 5.10 Å². The highest BCUT2D eigenvalue weighted by molar-refractivity contribution is 7.22. The second kappa shape index (κ2) is 3.74. The number of hydrogen-bond donors (Lipinski definition) is 2. The van der Waals surface area contributed by atoms with E-state index >= 15 is 0 Å². The fraction of sp³-hybridized carbons (Fsp3) is 0.0909. The van der Waals surface area contributed by atoms with E-state index in [-0.39, 0.29) is 0 Å². The number of benzene rings is 1. The third-order valence-corrected chi connectivity index (χ3v) is 3.29. The fourth-order valence-corrected chi connectivity index (χ4v) is 2.51. The number of nitrogens with one attached hydrogen (secondary N) is 1. The first-order valence-corrected chi connectivity index (χ1v) is 5.95. The predicted octanol–water partition coefficient (Wildman–Crippen LogP) is 2.36. The number of rotatable bonds is 2. The van der Waals surface area contributed by atoms with Crippen LogP contribution in [-0.2, 0) is 7.05 Å². The van der Waals surface area contributed by atoms with Crippen LogP contribution in [0.5, 0.6) is 0 Å². The van der Waals surface area contributed by atoms with E-state index in [9.17, 15) is 0 Å². The molecule has 0 aliphatic rings. The average Bonchev–Trinajstić information content (AvgIpc) is 2.84. The monoisotopic (exact) mass is 245 g/mol. The SMILES string of the molecule is Cn1ccc(Nc2nc3ccc(N)cc3s2)n1. The molecule has 0 spiro atoms. The van der Waals surface area contributed by atoms with Crippen molar-refractivity contribution in [2.24, 2.45) is 7.05 Å². The molecule has 0 saturated carbocycles. The number of thiazole rings is 1. The molecular formula is C11H11N5S. The molecule has 2 heterocycles. The van der Waals surface area contributed by atoms with Gasteiger partial charge < -0.3 is 11.1 Å². The molecule has 86 valence electrons. The molecule has 3 N–H and O–H groups in total. The minimum atomic E-state index is 0.755. The summed E-state index contributed by atoms with van der Waals surface area (Å²) >= 11 is 1.56. The van der Waals surface area contributed by atoms with Crippen molar-refractivity contribution < 1.29 is 0 Å². The normalized spacial score (nSPS) is 10.9. The van der Waals surface area contributed by atoms with Crippen LogP contribution < -0.4 is 11.1 Å². The summed E-state index contributed by atoms with van der Waals surface area (Å²) in [5.41, 5.74) is 7.43. The van der Waals surface area contributed by atoms with Gasteiger partial charge in [0.2, 0.25) is 0 Å². The van der Waals surface area contributed by atoms with Gasteiger partial charge in [-0.05, 0) is 18.2 Å². The molecule has 0 atom stereocenters. The highest BCUT2D eigenvalue weighted by Gasteiger charge is 2.05. The second-order valence-corrected chi connectivity index (χ2v) is 4.78. The molecular weight excluding hydrogens is 234 g/mol. The van der Waals surface area contributed by atoms with Crippen LogP contribution in [0.4, 0.5) is 16.6 Å². The molecule has 0 fully saturated rings. The van der Waals surface area contributed by atoms with E-state index in [1.54, 1.807) is 16.0 Å². The first-order chi connectivity index (χ1) is 8.20. The van der Waals surface area contributed by atoms with E-state index < -0.39 is 0 Å². The van der Waals surface area contributed by atoms with Crippen molar-refractivity contribution in [1.82, 2.24) is 14.8 Å². The molecule has 17 heavy (non-hydrogen) atoms. The second-order valence-electron chi connectivity index (χ2n) is 3.75. The number of aryl methyl sites for hydroxylation is 1. The predicted molar refractivity (Wildman–Crippen MR) is 70.5 cm³/mol. The first kappa shape index (κ1) is 10.1. The van der Waals surface area contributed by atoms with Crippen molar-refractivity contribution in [2.75, 3.05) is 11.1 Å². The molecule has 0 aliphatic carbocycles. The molecule has 0 radical (unpaired) electrons. The van der Waals surface area contributed by atoms with Crippen LogP contribution in [0, 0.1) is 0 Å². The Morgan fingerprint density at radius 1 is 1.35 bits per heavy atom. The number of aromatic nitrogens is 3. The standard InChI is InChI=1S/C11H11N5S/c1-16-5-4-10(15-16)14-11-13-8-3-2-7(12)6-9(8)17-11/h2-6H,12H2,1H3,(H,13,14,15). The van der Waals surface area contributed by atoms with E-state index in [2.05, 4.69) is 15.4 Å². The van der Waals surface area contributed by atoms with Gasteiger partial charge >= 0.3 is 0 Å². The molecule has 0 saturated heterocycles. The number of hydrogen-bond acceptors (Lipinski definition) is 5. The number of anilines is 3. The summed E-state index contributed by atoms with van der Waals surface area (Å²) in [7, 11) is 1.88. The summed E-state index contributed by atoms with van der Waals surface area (Å²) in [5, 5.41) is 8.23. The van der Waals surface area contributed by atoms with Gasteiger partial charge in [-0.3, -0.25) is 4.68 Å². The molecule has 2 aromatic heterocycles. The highest BCUT2D eigenvalue weighted by Crippen LogP contribution is 2.28. The Bertz CT molecular complexity index is 669. The molecule has 0 aliphatic heterocycles. The van der Waals surface area contributed by atoms with Crippen LogP contribution in [0.3, 0.4) is 0 Å². The Morgan fingerprint density at radius 2 is 2.24 bits per heavy atom. The number of fused-ring (bicyclic) bond motifs is 1. The quantitative estimate of drug-likeness (QED) is 0.680. The van der Waals surface area contributed by atoms with Crippen LogP contribution in [0.15, 0.2) is 30.5 Å². The minimum absolute atomic E-state index is 0.755. The Labute approximate surface area is 102 Å². The van der Waals surface area contributed by atoms with Crippen LogP contribution in [0.2, 0.25) is 0 Å². The number of nitrogen functional groups attached to an aromatic ring is 1. The van der Waals surface area contributed by atoms with Gasteiger partial charge in [0.1, 0.15) is 0 Å². The summed E-state index contributed by atoms with van der Waals surface area (Å²) in [6, 6.07) is 7.61. The van der Waals surface area contributed by atoms with E-state index in [1.165, 1.54) is 0 Å². The van der Waals surface area contributed by atoms with Gasteiger partial charge in [-0.25, -0.2) is 4.98 Å². The van der Waals surface area contributed by atoms with Gasteiger partial charge in [0.15, 0.2) is 10.9 Å². The van der Waals surface area contributed by atoms with E-state index in [4.69, 9.17) is 5.73 Å². The van der Waals surface area contributed by atoms with E-state index in [1.807, 2.05) is 37.5 Å². The highest BCUT2D eigenvalue weighted by atomic mass is 32.1. The molecule has 5 nitrogen and oxygen atoms in total. The van der Waals surface area contributed by atoms with Gasteiger partial charge in [0.25, 0.3) is 0 Å². The zero-order valence-electron chi connectivity index (χ0n) is 9.21. The Morgan fingerprint density at radius 3 is 3.00 bits per heavy atom. The maximum Gasteiger partial charge on any atom is 0.189 e. The van der Waals surface area contributed by atoms with Gasteiger partial charge in [0.05, 0.1) is 10.2 Å². The van der Waals surface area contributed by atoms with Gasteiger partial charge in [-0.15, -0.1) is 0 Å². The summed E-state index contributed by atoms with van der Waals surface area (Å²) < 4.78 is 2.82. The lowest BCUT2D eigenvalue weighted by atomic mass is 10.3. The smallest absolute Gasteiger partial charge is 0.189 e. The lowest BCUT2D eigenvalue weighted by Crippen LogP contribution is -1.92. The first-order valence-electron chi connectivity index (χ1n) is 5.13. The lowest BCUT2D eigenvalue weighted by molar-refractivity contribution is 0.771. The number of nitrogens with zero attached hydrogens (tertiary/aromatic N) is 3. The maximum atomic E-state index is 5.73. The molecule has 3 aromatic rings. The third kappa shape index (κ3) is 1.94. The minimum Gasteiger partial charge on any atom is -0.399 e. The largest absolute Gasteiger partial charge is 0.399 e. The van der Waals surface area contributed by atoms with Crippen molar-refractivity contribution in [1.29, 1.82) is 0 Å². The lowest BCUT2D eigenvalue weighted by Gasteiger charge is -1.94. The van der Waals surface area contributed by atoms with Crippen molar-refractivity contribution in [3.05, 3.63) is 30.5 Å². The molecule has 6 heteroatoms.